The second kappa shape index (κ2) is 7.09. The summed E-state index contributed by atoms with van der Waals surface area (Å²) in [6, 6.07) is 14.2. The van der Waals surface area contributed by atoms with Crippen molar-refractivity contribution >= 4 is 17.3 Å². The summed E-state index contributed by atoms with van der Waals surface area (Å²) in [6.07, 6.45) is 0. The summed E-state index contributed by atoms with van der Waals surface area (Å²) >= 11 is 0. The minimum atomic E-state index is -0.474. The Kier molecular flexibility index (Phi) is 4.70. The van der Waals surface area contributed by atoms with Crippen LogP contribution in [-0.4, -0.2) is 12.5 Å². The molecule has 5 nitrogen and oxygen atoms in total. The number of nitrogens with one attached hydrogen (secondary N) is 1. The molecule has 0 atom stereocenters. The molecule has 0 aliphatic rings. The summed E-state index contributed by atoms with van der Waals surface area (Å²) < 4.78 is 24.6. The van der Waals surface area contributed by atoms with Crippen molar-refractivity contribution in [1.82, 2.24) is 0 Å². The number of hydrogen-bond donors (Lipinski definition) is 2. The predicted octanol–water partition coefficient (Wildman–Crippen LogP) is 4.32. The molecule has 25 heavy (non-hydrogen) atoms. The van der Waals surface area contributed by atoms with Crippen LogP contribution >= 0.6 is 0 Å². The molecule has 0 saturated heterocycles. The highest BCUT2D eigenvalue weighted by molar-refractivity contribution is 6.04. The zero-order valence-electron chi connectivity index (χ0n) is 13.6. The molecule has 0 radical (unpaired) electrons. The van der Waals surface area contributed by atoms with Crippen molar-refractivity contribution in [3.05, 3.63) is 66.2 Å². The fraction of sp³-hybridized carbons (Fsp3) is 0.105. The van der Waals surface area contributed by atoms with E-state index in [1.54, 1.807) is 42.5 Å². The number of carbonyl (C=O) groups excluding carboxylic acids is 1. The van der Waals surface area contributed by atoms with E-state index in [4.69, 9.17) is 14.9 Å². The lowest BCUT2D eigenvalue weighted by atomic mass is 10.1. The number of rotatable bonds is 5. The van der Waals surface area contributed by atoms with Crippen molar-refractivity contribution in [2.75, 3.05) is 17.7 Å². The Labute approximate surface area is 144 Å². The van der Waals surface area contributed by atoms with Crippen LogP contribution in [0.3, 0.4) is 0 Å². The van der Waals surface area contributed by atoms with Gasteiger partial charge in [-0.05, 0) is 43.3 Å². The smallest absolute Gasteiger partial charge is 0.291 e. The third-order valence-electron chi connectivity index (χ3n) is 3.55. The zero-order valence-corrected chi connectivity index (χ0v) is 13.6. The van der Waals surface area contributed by atoms with E-state index in [-0.39, 0.29) is 11.5 Å². The number of anilines is 2. The highest BCUT2D eigenvalue weighted by Crippen LogP contribution is 2.27. The Morgan fingerprint density at radius 2 is 2.00 bits per heavy atom. The molecule has 0 aliphatic carbocycles. The zero-order chi connectivity index (χ0) is 17.8. The maximum atomic E-state index is 13.8. The van der Waals surface area contributed by atoms with Crippen LogP contribution in [0.4, 0.5) is 15.8 Å². The van der Waals surface area contributed by atoms with E-state index >= 15 is 0 Å². The SMILES string of the molecule is CCOc1ccc(NC(=O)c2ccc(-c3ccccc3F)o2)c(N)c1. The van der Waals surface area contributed by atoms with Crippen LogP contribution in [0.5, 0.6) is 5.75 Å². The molecule has 128 valence electrons. The van der Waals surface area contributed by atoms with Gasteiger partial charge in [-0.15, -0.1) is 0 Å². The highest BCUT2D eigenvalue weighted by atomic mass is 19.1. The van der Waals surface area contributed by atoms with E-state index in [1.807, 2.05) is 6.92 Å². The first kappa shape index (κ1) is 16.6. The highest BCUT2D eigenvalue weighted by Gasteiger charge is 2.15. The van der Waals surface area contributed by atoms with Gasteiger partial charge in [0.2, 0.25) is 0 Å². The van der Waals surface area contributed by atoms with Gasteiger partial charge in [0.15, 0.2) is 5.76 Å². The summed E-state index contributed by atoms with van der Waals surface area (Å²) in [5.74, 6) is 0.0744. The molecular weight excluding hydrogens is 323 g/mol. The molecule has 0 aliphatic heterocycles. The Morgan fingerprint density at radius 1 is 1.20 bits per heavy atom. The van der Waals surface area contributed by atoms with Gasteiger partial charge in [0, 0.05) is 6.07 Å². The summed E-state index contributed by atoms with van der Waals surface area (Å²) in [7, 11) is 0. The average Bonchev–Trinajstić information content (AvgIpc) is 3.08. The molecule has 3 rings (SSSR count). The van der Waals surface area contributed by atoms with E-state index in [0.717, 1.165) is 0 Å². The number of nitrogens with two attached hydrogens (primary N) is 1. The van der Waals surface area contributed by atoms with Gasteiger partial charge in [0.1, 0.15) is 17.3 Å². The molecule has 1 heterocycles. The minimum Gasteiger partial charge on any atom is -0.494 e. The number of halogens is 1. The first-order chi connectivity index (χ1) is 12.1. The lowest BCUT2D eigenvalue weighted by Gasteiger charge is -2.09. The van der Waals surface area contributed by atoms with Crippen LogP contribution < -0.4 is 15.8 Å². The molecular formula is C19H17FN2O3. The molecule has 0 spiro atoms. The molecule has 1 amide bonds. The molecule has 1 aromatic heterocycles. The van der Waals surface area contributed by atoms with E-state index in [9.17, 15) is 9.18 Å². The molecule has 6 heteroatoms. The van der Waals surface area contributed by atoms with Crippen LogP contribution in [0.15, 0.2) is 59.0 Å². The summed E-state index contributed by atoms with van der Waals surface area (Å²) in [5.41, 5.74) is 7.03. The standard InChI is InChI=1S/C19H17FN2O3/c1-2-24-12-7-8-16(15(21)11-12)22-19(23)18-10-9-17(25-18)13-5-3-4-6-14(13)20/h3-11H,2,21H2,1H3,(H,22,23). The number of ether oxygens (including phenoxy) is 1. The van der Waals surface area contributed by atoms with Gasteiger partial charge >= 0.3 is 0 Å². The normalized spacial score (nSPS) is 10.5. The third kappa shape index (κ3) is 3.63. The minimum absolute atomic E-state index is 0.0616. The molecule has 3 N–H and O–H groups in total. The molecule has 0 fully saturated rings. The van der Waals surface area contributed by atoms with E-state index in [0.29, 0.717) is 29.3 Å². The number of furan rings is 1. The number of nitrogen functional groups attached to an aromatic ring is 1. The Bertz CT molecular complexity index is 905. The second-order valence-corrected chi connectivity index (χ2v) is 5.28. The van der Waals surface area contributed by atoms with Gasteiger partial charge in [0.25, 0.3) is 5.91 Å². The van der Waals surface area contributed by atoms with Gasteiger partial charge in [-0.3, -0.25) is 4.79 Å². The number of benzene rings is 2. The van der Waals surface area contributed by atoms with Gasteiger partial charge in [0.05, 0.1) is 23.5 Å². The van der Waals surface area contributed by atoms with Crippen molar-refractivity contribution in [3.63, 3.8) is 0 Å². The topological polar surface area (TPSA) is 77.5 Å². The third-order valence-corrected chi connectivity index (χ3v) is 3.55. The summed E-state index contributed by atoms with van der Waals surface area (Å²) in [4.78, 5) is 12.3. The maximum absolute atomic E-state index is 13.8. The van der Waals surface area contributed by atoms with Crippen LogP contribution in [-0.2, 0) is 0 Å². The molecule has 0 unspecified atom stereocenters. The maximum Gasteiger partial charge on any atom is 0.291 e. The van der Waals surface area contributed by atoms with Crippen molar-refractivity contribution in [3.8, 4) is 17.1 Å². The monoisotopic (exact) mass is 340 g/mol. The quantitative estimate of drug-likeness (QED) is 0.678. The van der Waals surface area contributed by atoms with Crippen molar-refractivity contribution < 1.29 is 18.3 Å². The van der Waals surface area contributed by atoms with Gasteiger partial charge in [-0.25, -0.2) is 4.39 Å². The molecule has 0 bridgehead atoms. The Balaban J connectivity index is 1.77. The van der Waals surface area contributed by atoms with Crippen LogP contribution in [0.2, 0.25) is 0 Å². The summed E-state index contributed by atoms with van der Waals surface area (Å²) in [5, 5.41) is 2.67. The van der Waals surface area contributed by atoms with Crippen molar-refractivity contribution in [2.24, 2.45) is 0 Å². The lowest BCUT2D eigenvalue weighted by molar-refractivity contribution is 0.0997. The van der Waals surface area contributed by atoms with Crippen molar-refractivity contribution in [1.29, 1.82) is 0 Å². The van der Waals surface area contributed by atoms with E-state index in [2.05, 4.69) is 5.32 Å². The average molecular weight is 340 g/mol. The fourth-order valence-electron chi connectivity index (χ4n) is 2.36. The molecule has 0 saturated carbocycles. The predicted molar refractivity (Wildman–Crippen MR) is 94.1 cm³/mol. The van der Waals surface area contributed by atoms with Gasteiger partial charge in [-0.2, -0.15) is 0 Å². The van der Waals surface area contributed by atoms with Gasteiger partial charge < -0.3 is 20.2 Å². The first-order valence-corrected chi connectivity index (χ1v) is 7.77. The van der Waals surface area contributed by atoms with Crippen LogP contribution in [0, 0.1) is 5.82 Å². The van der Waals surface area contributed by atoms with E-state index < -0.39 is 11.7 Å². The van der Waals surface area contributed by atoms with Crippen LogP contribution in [0.1, 0.15) is 17.5 Å². The Hall–Kier alpha value is -3.28. The Morgan fingerprint density at radius 3 is 2.72 bits per heavy atom. The first-order valence-electron chi connectivity index (χ1n) is 7.77. The van der Waals surface area contributed by atoms with E-state index in [1.165, 1.54) is 12.1 Å². The second-order valence-electron chi connectivity index (χ2n) is 5.28. The summed E-state index contributed by atoms with van der Waals surface area (Å²) in [6.45, 7) is 2.40. The fourth-order valence-corrected chi connectivity index (χ4v) is 2.36. The van der Waals surface area contributed by atoms with Gasteiger partial charge in [-0.1, -0.05) is 12.1 Å². The molecule has 3 aromatic rings. The van der Waals surface area contributed by atoms with Crippen molar-refractivity contribution in [2.45, 2.75) is 6.92 Å². The largest absolute Gasteiger partial charge is 0.494 e. The number of hydrogen-bond acceptors (Lipinski definition) is 4. The molecule has 2 aromatic carbocycles. The number of amides is 1. The van der Waals surface area contributed by atoms with Crippen LogP contribution in [0.25, 0.3) is 11.3 Å². The lowest BCUT2D eigenvalue weighted by Crippen LogP contribution is -2.12. The number of carbonyl (C=O) groups is 1.